The predicted molar refractivity (Wildman–Crippen MR) is 79.3 cm³/mol. The highest BCUT2D eigenvalue weighted by Gasteiger charge is 2.31. The van der Waals surface area contributed by atoms with Crippen LogP contribution in [0.1, 0.15) is 17.2 Å². The molecule has 110 valence electrons. The SMILES string of the molecule is CNC1c2ccccc2OCC1Oc1cccc(C)c1F. The van der Waals surface area contributed by atoms with Crippen molar-refractivity contribution in [3.63, 3.8) is 0 Å². The van der Waals surface area contributed by atoms with Gasteiger partial charge < -0.3 is 14.8 Å². The molecule has 3 nitrogen and oxygen atoms in total. The third kappa shape index (κ3) is 2.59. The van der Waals surface area contributed by atoms with E-state index in [1.807, 2.05) is 31.3 Å². The van der Waals surface area contributed by atoms with E-state index in [0.29, 0.717) is 12.2 Å². The molecule has 2 aromatic carbocycles. The first-order valence-corrected chi connectivity index (χ1v) is 7.01. The van der Waals surface area contributed by atoms with E-state index in [4.69, 9.17) is 9.47 Å². The summed E-state index contributed by atoms with van der Waals surface area (Å²) in [4.78, 5) is 0. The minimum atomic E-state index is -0.314. The van der Waals surface area contributed by atoms with E-state index >= 15 is 0 Å². The summed E-state index contributed by atoms with van der Waals surface area (Å²) >= 11 is 0. The summed E-state index contributed by atoms with van der Waals surface area (Å²) in [5, 5.41) is 3.24. The molecule has 0 radical (unpaired) electrons. The third-order valence-corrected chi connectivity index (χ3v) is 3.77. The fraction of sp³-hybridized carbons (Fsp3) is 0.294. The molecule has 1 heterocycles. The van der Waals surface area contributed by atoms with Crippen molar-refractivity contribution in [3.05, 3.63) is 59.4 Å². The van der Waals surface area contributed by atoms with Gasteiger partial charge in [0.1, 0.15) is 12.4 Å². The Hall–Kier alpha value is -2.07. The molecular formula is C17H18FNO2. The Bertz CT molecular complexity index is 644. The molecule has 2 atom stereocenters. The van der Waals surface area contributed by atoms with E-state index in [2.05, 4.69) is 5.32 Å². The van der Waals surface area contributed by atoms with Crippen LogP contribution in [0.5, 0.6) is 11.5 Å². The quantitative estimate of drug-likeness (QED) is 0.940. The molecule has 1 N–H and O–H groups in total. The van der Waals surface area contributed by atoms with E-state index < -0.39 is 0 Å². The molecule has 2 unspecified atom stereocenters. The molecule has 0 aliphatic carbocycles. The number of ether oxygens (including phenoxy) is 2. The number of likely N-dealkylation sites (N-methyl/N-ethyl adjacent to an activating group) is 1. The summed E-state index contributed by atoms with van der Waals surface area (Å²) in [6.45, 7) is 2.11. The zero-order chi connectivity index (χ0) is 14.8. The fourth-order valence-corrected chi connectivity index (χ4v) is 2.66. The monoisotopic (exact) mass is 287 g/mol. The molecular weight excluding hydrogens is 269 g/mol. The summed E-state index contributed by atoms with van der Waals surface area (Å²) in [5.74, 6) is 0.802. The lowest BCUT2D eigenvalue weighted by atomic mass is 9.98. The number of aryl methyl sites for hydroxylation is 1. The normalized spacial score (nSPS) is 20.5. The molecule has 0 saturated carbocycles. The van der Waals surface area contributed by atoms with Crippen molar-refractivity contribution in [1.82, 2.24) is 5.32 Å². The zero-order valence-electron chi connectivity index (χ0n) is 12.1. The number of benzene rings is 2. The van der Waals surface area contributed by atoms with Gasteiger partial charge in [-0.15, -0.1) is 0 Å². The van der Waals surface area contributed by atoms with E-state index in [0.717, 1.165) is 11.3 Å². The van der Waals surface area contributed by atoms with E-state index in [1.54, 1.807) is 25.1 Å². The number of hydrogen-bond donors (Lipinski definition) is 1. The molecule has 0 saturated heterocycles. The maximum absolute atomic E-state index is 14.1. The van der Waals surface area contributed by atoms with Gasteiger partial charge >= 0.3 is 0 Å². The number of nitrogens with one attached hydrogen (secondary N) is 1. The van der Waals surface area contributed by atoms with Gasteiger partial charge in [-0.05, 0) is 31.7 Å². The highest BCUT2D eigenvalue weighted by Crippen LogP contribution is 2.34. The van der Waals surface area contributed by atoms with Gasteiger partial charge in [-0.25, -0.2) is 4.39 Å². The molecule has 3 rings (SSSR count). The lowest BCUT2D eigenvalue weighted by molar-refractivity contribution is 0.0739. The first-order chi connectivity index (χ1) is 10.2. The molecule has 0 spiro atoms. The van der Waals surface area contributed by atoms with Crippen LogP contribution in [0.3, 0.4) is 0 Å². The zero-order valence-corrected chi connectivity index (χ0v) is 12.1. The van der Waals surface area contributed by atoms with Gasteiger partial charge in [0, 0.05) is 5.56 Å². The second kappa shape index (κ2) is 5.74. The van der Waals surface area contributed by atoms with Gasteiger partial charge in [0.25, 0.3) is 0 Å². The second-order valence-corrected chi connectivity index (χ2v) is 5.16. The highest BCUT2D eigenvalue weighted by molar-refractivity contribution is 5.39. The Morgan fingerprint density at radius 3 is 2.81 bits per heavy atom. The molecule has 0 fully saturated rings. The van der Waals surface area contributed by atoms with Gasteiger partial charge in [-0.2, -0.15) is 0 Å². The highest BCUT2D eigenvalue weighted by atomic mass is 19.1. The lowest BCUT2D eigenvalue weighted by Gasteiger charge is -2.33. The van der Waals surface area contributed by atoms with Gasteiger partial charge in [0.05, 0.1) is 6.04 Å². The molecule has 1 aliphatic rings. The summed E-state index contributed by atoms with van der Waals surface area (Å²) in [6.07, 6.45) is -0.277. The van der Waals surface area contributed by atoms with Gasteiger partial charge in [0.2, 0.25) is 0 Å². The Kier molecular flexibility index (Phi) is 3.80. The van der Waals surface area contributed by atoms with Crippen molar-refractivity contribution in [3.8, 4) is 11.5 Å². The fourth-order valence-electron chi connectivity index (χ4n) is 2.66. The molecule has 1 aliphatic heterocycles. The van der Waals surface area contributed by atoms with Crippen molar-refractivity contribution < 1.29 is 13.9 Å². The summed E-state index contributed by atoms with van der Waals surface area (Å²) in [6, 6.07) is 13.0. The van der Waals surface area contributed by atoms with Crippen molar-refractivity contribution >= 4 is 0 Å². The molecule has 0 amide bonds. The average Bonchev–Trinajstić information content (AvgIpc) is 2.51. The minimum absolute atomic E-state index is 0.0325. The number of hydrogen-bond acceptors (Lipinski definition) is 3. The summed E-state index contributed by atoms with van der Waals surface area (Å²) < 4.78 is 25.7. The van der Waals surface area contributed by atoms with E-state index in [9.17, 15) is 4.39 Å². The van der Waals surface area contributed by atoms with Crippen LogP contribution < -0.4 is 14.8 Å². The predicted octanol–water partition coefficient (Wildman–Crippen LogP) is 3.23. The molecule has 21 heavy (non-hydrogen) atoms. The Labute approximate surface area is 123 Å². The van der Waals surface area contributed by atoms with E-state index in [-0.39, 0.29) is 23.7 Å². The third-order valence-electron chi connectivity index (χ3n) is 3.77. The number of halogens is 1. The van der Waals surface area contributed by atoms with Crippen LogP contribution in [0, 0.1) is 12.7 Å². The minimum Gasteiger partial charge on any atom is -0.489 e. The topological polar surface area (TPSA) is 30.5 Å². The number of fused-ring (bicyclic) bond motifs is 1. The van der Waals surface area contributed by atoms with Crippen LogP contribution in [0.2, 0.25) is 0 Å². The van der Waals surface area contributed by atoms with Crippen molar-refractivity contribution in [2.45, 2.75) is 19.1 Å². The maximum atomic E-state index is 14.1. The lowest BCUT2D eigenvalue weighted by Crippen LogP contribution is -2.41. The first-order valence-electron chi connectivity index (χ1n) is 7.01. The number of rotatable bonds is 3. The Balaban J connectivity index is 1.88. The van der Waals surface area contributed by atoms with Crippen molar-refractivity contribution in [2.75, 3.05) is 13.7 Å². The number of para-hydroxylation sites is 1. The second-order valence-electron chi connectivity index (χ2n) is 5.16. The molecule has 0 bridgehead atoms. The standard InChI is InChI=1S/C17H18FNO2/c1-11-6-5-9-14(16(11)18)21-15-10-20-13-8-4-3-7-12(13)17(15)19-2/h3-9,15,17,19H,10H2,1-2H3. The van der Waals surface area contributed by atoms with Gasteiger partial charge in [0.15, 0.2) is 17.7 Å². The molecule has 0 aromatic heterocycles. The van der Waals surface area contributed by atoms with Crippen LogP contribution in [0.25, 0.3) is 0 Å². The summed E-state index contributed by atoms with van der Waals surface area (Å²) in [7, 11) is 1.87. The van der Waals surface area contributed by atoms with Crippen molar-refractivity contribution in [2.24, 2.45) is 0 Å². The smallest absolute Gasteiger partial charge is 0.167 e. The van der Waals surface area contributed by atoms with Crippen molar-refractivity contribution in [1.29, 1.82) is 0 Å². The first kappa shape index (κ1) is 13.9. The van der Waals surface area contributed by atoms with Crippen LogP contribution in [0.15, 0.2) is 42.5 Å². The van der Waals surface area contributed by atoms with Crippen LogP contribution in [0.4, 0.5) is 4.39 Å². The summed E-state index contributed by atoms with van der Waals surface area (Å²) in [5.41, 5.74) is 1.61. The maximum Gasteiger partial charge on any atom is 0.167 e. The van der Waals surface area contributed by atoms with Crippen LogP contribution >= 0.6 is 0 Å². The Morgan fingerprint density at radius 2 is 2.00 bits per heavy atom. The van der Waals surface area contributed by atoms with Gasteiger partial charge in [-0.1, -0.05) is 30.3 Å². The molecule has 4 heteroatoms. The largest absolute Gasteiger partial charge is 0.489 e. The average molecular weight is 287 g/mol. The van der Waals surface area contributed by atoms with Crippen LogP contribution in [-0.2, 0) is 0 Å². The molecule has 2 aromatic rings. The van der Waals surface area contributed by atoms with E-state index in [1.165, 1.54) is 0 Å². The van der Waals surface area contributed by atoms with Gasteiger partial charge in [-0.3, -0.25) is 0 Å². The Morgan fingerprint density at radius 1 is 1.19 bits per heavy atom. The van der Waals surface area contributed by atoms with Crippen LogP contribution in [-0.4, -0.2) is 19.8 Å².